The number of piperidine rings is 1. The Balaban J connectivity index is 1.76. The van der Waals surface area contributed by atoms with Crippen LogP contribution in [0.25, 0.3) is 10.1 Å². The van der Waals surface area contributed by atoms with Crippen LogP contribution in [0, 0.1) is 5.92 Å². The Bertz CT molecular complexity index is 930. The number of fused-ring (bicyclic) bond motifs is 1. The summed E-state index contributed by atoms with van der Waals surface area (Å²) in [5, 5.41) is 13.5. The zero-order chi connectivity index (χ0) is 18.1. The highest BCUT2D eigenvalue weighted by Crippen LogP contribution is 2.40. The maximum Gasteiger partial charge on any atom is 0.306 e. The quantitative estimate of drug-likeness (QED) is 0.650. The van der Waals surface area contributed by atoms with Crippen LogP contribution < -0.4 is 0 Å². The van der Waals surface area contributed by atoms with Crippen LogP contribution in [0.5, 0.6) is 0 Å². The standard InChI is InChI=1S/C21H20ClNO2S/c22-18-7-3-1-6-16(18)20(23-11-9-14(10-12-23)21(24)25)17-13-26-19-8-4-2-5-15(17)19/h1-8,13-14,20H,9-12H2,(H,24,25). The number of thiophene rings is 1. The number of halogens is 1. The highest BCUT2D eigenvalue weighted by atomic mass is 35.5. The molecule has 1 aliphatic heterocycles. The molecule has 1 fully saturated rings. The first-order chi connectivity index (χ1) is 12.6. The van der Waals surface area contributed by atoms with Crippen molar-refractivity contribution in [3.63, 3.8) is 0 Å². The van der Waals surface area contributed by atoms with Gasteiger partial charge in [-0.3, -0.25) is 9.69 Å². The molecule has 1 atom stereocenters. The summed E-state index contributed by atoms with van der Waals surface area (Å²) in [7, 11) is 0. The first-order valence-electron chi connectivity index (χ1n) is 8.82. The van der Waals surface area contributed by atoms with Crippen molar-refractivity contribution in [1.29, 1.82) is 0 Å². The molecule has 0 amide bonds. The number of likely N-dealkylation sites (tertiary alicyclic amines) is 1. The van der Waals surface area contributed by atoms with Crippen LogP contribution in [0.15, 0.2) is 53.9 Å². The monoisotopic (exact) mass is 385 g/mol. The topological polar surface area (TPSA) is 40.5 Å². The molecule has 1 aromatic heterocycles. The van der Waals surface area contributed by atoms with Gasteiger partial charge in [0.25, 0.3) is 0 Å². The van der Waals surface area contributed by atoms with Crippen molar-refractivity contribution in [2.24, 2.45) is 5.92 Å². The molecule has 26 heavy (non-hydrogen) atoms. The number of hydrogen-bond acceptors (Lipinski definition) is 3. The molecule has 2 heterocycles. The zero-order valence-electron chi connectivity index (χ0n) is 14.3. The normalized spacial score (nSPS) is 17.4. The Morgan fingerprint density at radius 1 is 1.08 bits per heavy atom. The number of rotatable bonds is 4. The third kappa shape index (κ3) is 3.25. The van der Waals surface area contributed by atoms with E-state index in [0.29, 0.717) is 12.8 Å². The average molecular weight is 386 g/mol. The molecule has 2 aromatic carbocycles. The summed E-state index contributed by atoms with van der Waals surface area (Å²) < 4.78 is 1.26. The first-order valence-corrected chi connectivity index (χ1v) is 10.1. The molecular weight excluding hydrogens is 366 g/mol. The predicted molar refractivity (Wildman–Crippen MR) is 107 cm³/mol. The van der Waals surface area contributed by atoms with Gasteiger partial charge >= 0.3 is 5.97 Å². The van der Waals surface area contributed by atoms with E-state index >= 15 is 0 Å². The lowest BCUT2D eigenvalue weighted by Crippen LogP contribution is -2.39. The molecule has 0 bridgehead atoms. The Labute approximate surface area is 161 Å². The number of carboxylic acids is 1. The minimum absolute atomic E-state index is 0.0506. The number of carbonyl (C=O) groups is 1. The lowest BCUT2D eigenvalue weighted by molar-refractivity contribution is -0.143. The van der Waals surface area contributed by atoms with Crippen molar-refractivity contribution in [2.45, 2.75) is 18.9 Å². The van der Waals surface area contributed by atoms with Gasteiger partial charge in [-0.25, -0.2) is 0 Å². The van der Waals surface area contributed by atoms with E-state index in [-0.39, 0.29) is 12.0 Å². The van der Waals surface area contributed by atoms with Crippen LogP contribution >= 0.6 is 22.9 Å². The third-order valence-corrected chi connectivity index (χ3v) is 6.58. The van der Waals surface area contributed by atoms with E-state index in [4.69, 9.17) is 11.6 Å². The van der Waals surface area contributed by atoms with E-state index in [9.17, 15) is 9.90 Å². The van der Waals surface area contributed by atoms with Gasteiger partial charge in [0.1, 0.15) is 0 Å². The fraction of sp³-hybridized carbons (Fsp3) is 0.286. The van der Waals surface area contributed by atoms with Crippen LogP contribution in [0.3, 0.4) is 0 Å². The van der Waals surface area contributed by atoms with E-state index in [1.807, 2.05) is 18.2 Å². The van der Waals surface area contributed by atoms with Gasteiger partial charge in [-0.2, -0.15) is 0 Å². The molecule has 1 saturated heterocycles. The van der Waals surface area contributed by atoms with Crippen molar-refractivity contribution in [2.75, 3.05) is 13.1 Å². The third-order valence-electron chi connectivity index (χ3n) is 5.25. The summed E-state index contributed by atoms with van der Waals surface area (Å²) in [5.41, 5.74) is 2.35. The smallest absolute Gasteiger partial charge is 0.306 e. The molecule has 1 aliphatic rings. The molecule has 3 nitrogen and oxygen atoms in total. The summed E-state index contributed by atoms with van der Waals surface area (Å²) >= 11 is 8.32. The molecule has 0 spiro atoms. The fourth-order valence-corrected chi connectivity index (χ4v) is 5.09. The minimum Gasteiger partial charge on any atom is -0.481 e. The van der Waals surface area contributed by atoms with Crippen LogP contribution in [-0.2, 0) is 4.79 Å². The molecule has 0 saturated carbocycles. The Hall–Kier alpha value is -1.88. The number of hydrogen-bond donors (Lipinski definition) is 1. The second-order valence-corrected chi connectivity index (χ2v) is 8.08. The molecule has 3 aromatic rings. The largest absolute Gasteiger partial charge is 0.481 e. The van der Waals surface area contributed by atoms with E-state index in [1.165, 1.54) is 15.6 Å². The summed E-state index contributed by atoms with van der Waals surface area (Å²) in [6.45, 7) is 1.52. The highest BCUT2D eigenvalue weighted by Gasteiger charge is 2.32. The van der Waals surface area contributed by atoms with E-state index in [2.05, 4.69) is 40.6 Å². The number of aliphatic carboxylic acids is 1. The van der Waals surface area contributed by atoms with Gasteiger partial charge in [-0.1, -0.05) is 48.0 Å². The highest BCUT2D eigenvalue weighted by molar-refractivity contribution is 7.17. The molecule has 134 valence electrons. The maximum atomic E-state index is 11.3. The Morgan fingerprint density at radius 2 is 1.77 bits per heavy atom. The van der Waals surface area contributed by atoms with Crippen LogP contribution in [-0.4, -0.2) is 29.1 Å². The number of carboxylic acid groups (broad SMARTS) is 1. The molecule has 0 aliphatic carbocycles. The predicted octanol–water partition coefficient (Wildman–Crippen LogP) is 5.44. The molecule has 4 rings (SSSR count). The second kappa shape index (κ2) is 7.39. The van der Waals surface area contributed by atoms with Crippen molar-refractivity contribution < 1.29 is 9.90 Å². The van der Waals surface area contributed by atoms with Crippen LogP contribution in [0.2, 0.25) is 5.02 Å². The van der Waals surface area contributed by atoms with Crippen LogP contribution in [0.4, 0.5) is 0 Å². The van der Waals surface area contributed by atoms with Gasteiger partial charge in [-0.05, 0) is 60.0 Å². The fourth-order valence-electron chi connectivity index (χ4n) is 3.87. The van der Waals surface area contributed by atoms with E-state index in [0.717, 1.165) is 23.7 Å². The average Bonchev–Trinajstić information content (AvgIpc) is 3.08. The molecule has 0 radical (unpaired) electrons. The van der Waals surface area contributed by atoms with E-state index < -0.39 is 5.97 Å². The second-order valence-electron chi connectivity index (χ2n) is 6.76. The minimum atomic E-state index is -0.681. The van der Waals surface area contributed by atoms with Gasteiger partial charge in [-0.15, -0.1) is 11.3 Å². The Kier molecular flexibility index (Phi) is 4.98. The Morgan fingerprint density at radius 3 is 2.50 bits per heavy atom. The van der Waals surface area contributed by atoms with Crippen LogP contribution in [0.1, 0.15) is 30.0 Å². The first kappa shape index (κ1) is 17.5. The van der Waals surface area contributed by atoms with Gasteiger partial charge in [0.05, 0.1) is 12.0 Å². The number of nitrogens with zero attached hydrogens (tertiary/aromatic N) is 1. The molecule has 1 N–H and O–H groups in total. The van der Waals surface area contributed by atoms with Gasteiger partial charge < -0.3 is 5.11 Å². The lowest BCUT2D eigenvalue weighted by atomic mass is 9.91. The summed E-state index contributed by atoms with van der Waals surface area (Å²) in [4.78, 5) is 13.7. The molecular formula is C21H20ClNO2S. The van der Waals surface area contributed by atoms with Gasteiger partial charge in [0.2, 0.25) is 0 Å². The summed E-state index contributed by atoms with van der Waals surface area (Å²) in [6, 6.07) is 16.5. The SMILES string of the molecule is O=C(O)C1CCN(C(c2ccccc2Cl)c2csc3ccccc23)CC1. The zero-order valence-corrected chi connectivity index (χ0v) is 15.8. The maximum absolute atomic E-state index is 11.3. The summed E-state index contributed by atoms with van der Waals surface area (Å²) in [6.07, 6.45) is 1.36. The number of benzene rings is 2. The van der Waals surface area contributed by atoms with Gasteiger partial charge in [0, 0.05) is 9.72 Å². The summed E-state index contributed by atoms with van der Waals surface area (Å²) in [5.74, 6) is -0.919. The van der Waals surface area contributed by atoms with Crippen molar-refractivity contribution in [3.8, 4) is 0 Å². The molecule has 5 heteroatoms. The molecule has 1 unspecified atom stereocenters. The van der Waals surface area contributed by atoms with Crippen molar-refractivity contribution in [1.82, 2.24) is 4.90 Å². The lowest BCUT2D eigenvalue weighted by Gasteiger charge is -2.37. The van der Waals surface area contributed by atoms with Gasteiger partial charge in [0.15, 0.2) is 0 Å². The van der Waals surface area contributed by atoms with Crippen molar-refractivity contribution >= 4 is 39.0 Å². The van der Waals surface area contributed by atoms with Crippen molar-refractivity contribution in [3.05, 3.63) is 70.1 Å². The van der Waals surface area contributed by atoms with E-state index in [1.54, 1.807) is 11.3 Å².